The lowest BCUT2D eigenvalue weighted by atomic mass is 10.1. The summed E-state index contributed by atoms with van der Waals surface area (Å²) in [6, 6.07) is 13.2. The Bertz CT molecular complexity index is 836. The van der Waals surface area contributed by atoms with Gasteiger partial charge in [-0.25, -0.2) is 0 Å². The van der Waals surface area contributed by atoms with Crippen LogP contribution in [0.5, 0.6) is 5.75 Å². The Balaban J connectivity index is 1.95. The quantitative estimate of drug-likeness (QED) is 0.685. The molecule has 1 amide bonds. The van der Waals surface area contributed by atoms with E-state index in [-0.39, 0.29) is 11.7 Å². The van der Waals surface area contributed by atoms with Gasteiger partial charge in [-0.2, -0.15) is 0 Å². The summed E-state index contributed by atoms with van der Waals surface area (Å²) >= 11 is 1.47. The lowest BCUT2D eigenvalue weighted by Crippen LogP contribution is -2.11. The van der Waals surface area contributed by atoms with Crippen molar-refractivity contribution in [1.29, 1.82) is 0 Å². The first-order valence-electron chi connectivity index (χ1n) is 6.65. The summed E-state index contributed by atoms with van der Waals surface area (Å²) in [5, 5.41) is 13.8. The van der Waals surface area contributed by atoms with Crippen LogP contribution in [0, 0.1) is 13.8 Å². The smallest absolute Gasteiger partial charge is 0.266 e. The van der Waals surface area contributed by atoms with Crippen molar-refractivity contribution < 1.29 is 9.90 Å². The Morgan fingerprint density at radius 3 is 2.62 bits per heavy atom. The van der Waals surface area contributed by atoms with Gasteiger partial charge in [0.2, 0.25) is 0 Å². The number of phenols is 1. The van der Waals surface area contributed by atoms with Crippen LogP contribution in [-0.4, -0.2) is 11.0 Å². The molecule has 0 aliphatic rings. The van der Waals surface area contributed by atoms with Gasteiger partial charge in [-0.1, -0.05) is 24.3 Å². The molecule has 3 aromatic rings. The number of carbonyl (C=O) groups is 1. The molecule has 106 valence electrons. The average Bonchev–Trinajstić information content (AvgIpc) is 2.80. The number of rotatable bonds is 2. The van der Waals surface area contributed by atoms with Crippen molar-refractivity contribution >= 4 is 33.0 Å². The Morgan fingerprint density at radius 1 is 1.14 bits per heavy atom. The molecule has 0 bridgehead atoms. The molecule has 0 saturated heterocycles. The highest BCUT2D eigenvalue weighted by molar-refractivity contribution is 7.21. The van der Waals surface area contributed by atoms with Crippen molar-refractivity contribution in [3.05, 3.63) is 58.5 Å². The number of aryl methyl sites for hydroxylation is 2. The highest BCUT2D eigenvalue weighted by Gasteiger charge is 2.16. The van der Waals surface area contributed by atoms with Gasteiger partial charge in [0.1, 0.15) is 5.75 Å². The number of amides is 1. The van der Waals surface area contributed by atoms with E-state index in [9.17, 15) is 9.90 Å². The minimum atomic E-state index is -0.187. The fraction of sp³-hybridized carbons (Fsp3) is 0.118. The van der Waals surface area contributed by atoms with E-state index in [1.807, 2.05) is 44.2 Å². The van der Waals surface area contributed by atoms with Gasteiger partial charge in [0.05, 0.1) is 10.6 Å². The second-order valence-corrected chi connectivity index (χ2v) is 6.08. The molecule has 1 heterocycles. The Kier molecular flexibility index (Phi) is 3.39. The van der Waals surface area contributed by atoms with Crippen LogP contribution in [0.3, 0.4) is 0 Å². The molecule has 0 saturated carbocycles. The summed E-state index contributed by atoms with van der Waals surface area (Å²) in [5.41, 5.74) is 2.35. The highest BCUT2D eigenvalue weighted by atomic mass is 32.1. The van der Waals surface area contributed by atoms with Gasteiger partial charge in [-0.3, -0.25) is 4.79 Å². The molecule has 0 aliphatic heterocycles. The van der Waals surface area contributed by atoms with E-state index in [0.717, 1.165) is 21.2 Å². The number of fused-ring (bicyclic) bond motifs is 1. The summed E-state index contributed by atoms with van der Waals surface area (Å²) in [7, 11) is 0. The van der Waals surface area contributed by atoms with E-state index in [1.165, 1.54) is 11.3 Å². The number of carbonyl (C=O) groups excluding carboxylic acids is 1. The number of aromatic hydroxyl groups is 1. The van der Waals surface area contributed by atoms with E-state index >= 15 is 0 Å². The van der Waals surface area contributed by atoms with E-state index < -0.39 is 0 Å². The molecule has 2 N–H and O–H groups in total. The molecule has 21 heavy (non-hydrogen) atoms. The number of hydrogen-bond acceptors (Lipinski definition) is 3. The number of anilines is 1. The summed E-state index contributed by atoms with van der Waals surface area (Å²) < 4.78 is 1.09. The van der Waals surface area contributed by atoms with Crippen LogP contribution in [0.2, 0.25) is 0 Å². The molecule has 1 aromatic heterocycles. The Morgan fingerprint density at radius 2 is 1.90 bits per heavy atom. The van der Waals surface area contributed by atoms with Crippen molar-refractivity contribution in [1.82, 2.24) is 0 Å². The second kappa shape index (κ2) is 5.22. The fourth-order valence-corrected chi connectivity index (χ4v) is 3.42. The van der Waals surface area contributed by atoms with Gasteiger partial charge >= 0.3 is 0 Å². The molecular formula is C17H15NO2S. The van der Waals surface area contributed by atoms with E-state index in [1.54, 1.807) is 12.1 Å². The van der Waals surface area contributed by atoms with E-state index in [2.05, 4.69) is 5.32 Å². The summed E-state index contributed by atoms with van der Waals surface area (Å²) in [6.45, 7) is 3.84. The Hall–Kier alpha value is -2.33. The SMILES string of the molecule is Cc1ccc(NC(=O)c2sc3ccccc3c2C)c(O)c1. The molecule has 0 atom stereocenters. The molecular weight excluding hydrogens is 282 g/mol. The lowest BCUT2D eigenvalue weighted by molar-refractivity contribution is 0.102. The largest absolute Gasteiger partial charge is 0.506 e. The molecule has 4 heteroatoms. The number of nitrogens with one attached hydrogen (secondary N) is 1. The number of thiophene rings is 1. The molecule has 0 fully saturated rings. The molecule has 3 nitrogen and oxygen atoms in total. The van der Waals surface area contributed by atoms with E-state index in [4.69, 9.17) is 0 Å². The van der Waals surface area contributed by atoms with Crippen molar-refractivity contribution in [2.45, 2.75) is 13.8 Å². The van der Waals surface area contributed by atoms with Crippen LogP contribution in [0.4, 0.5) is 5.69 Å². The minimum Gasteiger partial charge on any atom is -0.506 e. The predicted octanol–water partition coefficient (Wildman–Crippen LogP) is 4.48. The number of hydrogen-bond donors (Lipinski definition) is 2. The lowest BCUT2D eigenvalue weighted by Gasteiger charge is -2.07. The first-order valence-corrected chi connectivity index (χ1v) is 7.47. The third kappa shape index (κ3) is 2.50. The first-order chi connectivity index (χ1) is 10.1. The molecule has 2 aromatic carbocycles. The van der Waals surface area contributed by atoms with Gasteiger partial charge in [-0.05, 0) is 48.6 Å². The van der Waals surface area contributed by atoms with Crippen molar-refractivity contribution in [3.63, 3.8) is 0 Å². The van der Waals surface area contributed by atoms with Crippen LogP contribution in [-0.2, 0) is 0 Å². The zero-order valence-electron chi connectivity index (χ0n) is 11.8. The highest BCUT2D eigenvalue weighted by Crippen LogP contribution is 2.32. The summed E-state index contributed by atoms with van der Waals surface area (Å²) in [6.07, 6.45) is 0. The maximum absolute atomic E-state index is 12.4. The van der Waals surface area contributed by atoms with Crippen LogP contribution in [0.1, 0.15) is 20.8 Å². The summed E-state index contributed by atoms with van der Waals surface area (Å²) in [5.74, 6) is -0.102. The zero-order chi connectivity index (χ0) is 15.0. The number of benzene rings is 2. The van der Waals surface area contributed by atoms with E-state index in [0.29, 0.717) is 10.6 Å². The van der Waals surface area contributed by atoms with Gasteiger partial charge in [0, 0.05) is 4.70 Å². The van der Waals surface area contributed by atoms with Gasteiger partial charge in [0.25, 0.3) is 5.91 Å². The number of phenolic OH excluding ortho intramolecular Hbond substituents is 1. The third-order valence-corrected chi connectivity index (χ3v) is 4.72. The summed E-state index contributed by atoms with van der Waals surface area (Å²) in [4.78, 5) is 13.1. The first kappa shape index (κ1) is 13.6. The third-order valence-electron chi connectivity index (χ3n) is 3.45. The van der Waals surface area contributed by atoms with Crippen LogP contribution < -0.4 is 5.32 Å². The standard InChI is InChI=1S/C17H15NO2S/c1-10-7-8-13(14(19)9-10)18-17(20)16-11(2)12-5-3-4-6-15(12)21-16/h3-9,19H,1-2H3,(H,18,20). The van der Waals surface area contributed by atoms with Gasteiger partial charge < -0.3 is 10.4 Å². The average molecular weight is 297 g/mol. The molecule has 0 radical (unpaired) electrons. The molecule has 0 spiro atoms. The fourth-order valence-electron chi connectivity index (χ4n) is 2.32. The van der Waals surface area contributed by atoms with Crippen molar-refractivity contribution in [3.8, 4) is 5.75 Å². The van der Waals surface area contributed by atoms with Crippen molar-refractivity contribution in [2.24, 2.45) is 0 Å². The van der Waals surface area contributed by atoms with Crippen LogP contribution >= 0.6 is 11.3 Å². The van der Waals surface area contributed by atoms with Crippen LogP contribution in [0.25, 0.3) is 10.1 Å². The zero-order valence-corrected chi connectivity index (χ0v) is 12.6. The van der Waals surface area contributed by atoms with Gasteiger partial charge in [0.15, 0.2) is 0 Å². The maximum Gasteiger partial charge on any atom is 0.266 e. The second-order valence-electron chi connectivity index (χ2n) is 5.03. The van der Waals surface area contributed by atoms with Crippen molar-refractivity contribution in [2.75, 3.05) is 5.32 Å². The maximum atomic E-state index is 12.4. The normalized spacial score (nSPS) is 10.8. The monoisotopic (exact) mass is 297 g/mol. The molecule has 3 rings (SSSR count). The van der Waals surface area contributed by atoms with Gasteiger partial charge in [-0.15, -0.1) is 11.3 Å². The predicted molar refractivity (Wildman–Crippen MR) is 87.4 cm³/mol. The Labute approximate surface area is 126 Å². The molecule has 0 unspecified atom stereocenters. The minimum absolute atomic E-state index is 0.0853. The van der Waals surface area contributed by atoms with Crippen LogP contribution in [0.15, 0.2) is 42.5 Å². The molecule has 0 aliphatic carbocycles. The topological polar surface area (TPSA) is 49.3 Å².